The van der Waals surface area contributed by atoms with Gasteiger partial charge in [-0.05, 0) is 38.5 Å². The second-order valence-electron chi connectivity index (χ2n) is 5.74. The summed E-state index contributed by atoms with van der Waals surface area (Å²) < 4.78 is 1.87. The van der Waals surface area contributed by atoms with E-state index < -0.39 is 0 Å². The topological polar surface area (TPSA) is 66.5 Å². The van der Waals surface area contributed by atoms with Gasteiger partial charge in [0.25, 0.3) is 0 Å². The first-order valence-corrected chi connectivity index (χ1v) is 6.60. The zero-order chi connectivity index (χ0) is 14.6. The third kappa shape index (κ3) is 3.65. The Morgan fingerprint density at radius 3 is 2.45 bits per heavy atom. The summed E-state index contributed by atoms with van der Waals surface area (Å²) in [6.45, 7) is 7.70. The van der Waals surface area contributed by atoms with Crippen molar-refractivity contribution in [2.45, 2.75) is 39.4 Å². The Labute approximate surface area is 119 Å². The molecule has 1 heterocycles. The molecule has 5 nitrogen and oxygen atoms in total. The van der Waals surface area contributed by atoms with Crippen LogP contribution in [-0.2, 0) is 18.6 Å². The van der Waals surface area contributed by atoms with Gasteiger partial charge in [-0.2, -0.15) is 5.26 Å². The van der Waals surface area contributed by atoms with Crippen LogP contribution in [0.2, 0.25) is 0 Å². The van der Waals surface area contributed by atoms with Gasteiger partial charge in [-0.15, -0.1) is 5.10 Å². The molecule has 0 aliphatic heterocycles. The van der Waals surface area contributed by atoms with Gasteiger partial charge in [0.05, 0.1) is 29.1 Å². The Bertz CT molecular complexity index is 598. The quantitative estimate of drug-likeness (QED) is 0.924. The van der Waals surface area contributed by atoms with Crippen molar-refractivity contribution in [3.05, 3.63) is 47.3 Å². The molecule has 0 spiro atoms. The van der Waals surface area contributed by atoms with Gasteiger partial charge < -0.3 is 5.32 Å². The Morgan fingerprint density at radius 1 is 1.20 bits per heavy atom. The van der Waals surface area contributed by atoms with Crippen molar-refractivity contribution in [3.8, 4) is 6.07 Å². The molecule has 0 aliphatic rings. The Kier molecular flexibility index (Phi) is 4.16. The maximum absolute atomic E-state index is 8.74. The van der Waals surface area contributed by atoms with Gasteiger partial charge in [0.15, 0.2) is 0 Å². The fourth-order valence-corrected chi connectivity index (χ4v) is 1.74. The largest absolute Gasteiger partial charge is 0.307 e. The Balaban J connectivity index is 1.86. The monoisotopic (exact) mass is 269 g/mol. The van der Waals surface area contributed by atoms with Crippen LogP contribution in [0.1, 0.15) is 37.6 Å². The van der Waals surface area contributed by atoms with Crippen molar-refractivity contribution < 1.29 is 0 Å². The van der Waals surface area contributed by atoms with Crippen LogP contribution < -0.4 is 5.32 Å². The van der Waals surface area contributed by atoms with E-state index in [9.17, 15) is 0 Å². The Morgan fingerprint density at radius 2 is 1.90 bits per heavy atom. The minimum atomic E-state index is -0.0433. The smallest absolute Gasteiger partial charge is 0.0991 e. The zero-order valence-electron chi connectivity index (χ0n) is 12.1. The minimum absolute atomic E-state index is 0.0433. The summed E-state index contributed by atoms with van der Waals surface area (Å²) in [6, 6.07) is 9.68. The maximum Gasteiger partial charge on any atom is 0.0991 e. The highest BCUT2D eigenvalue weighted by Gasteiger charge is 2.14. The van der Waals surface area contributed by atoms with E-state index >= 15 is 0 Å². The molecule has 0 radical (unpaired) electrons. The molecular weight excluding hydrogens is 250 g/mol. The molecule has 104 valence electrons. The number of nitrogens with zero attached hydrogens (tertiary/aromatic N) is 4. The second kappa shape index (κ2) is 5.85. The lowest BCUT2D eigenvalue weighted by molar-refractivity contribution is 0.347. The molecule has 0 saturated heterocycles. The van der Waals surface area contributed by atoms with Crippen molar-refractivity contribution in [1.82, 2.24) is 20.3 Å². The highest BCUT2D eigenvalue weighted by atomic mass is 15.4. The molecule has 0 fully saturated rings. The predicted octanol–water partition coefficient (Wildman–Crippen LogP) is 2.19. The average molecular weight is 269 g/mol. The van der Waals surface area contributed by atoms with E-state index in [0.29, 0.717) is 12.1 Å². The number of benzene rings is 1. The summed E-state index contributed by atoms with van der Waals surface area (Å²) in [5, 5.41) is 20.3. The van der Waals surface area contributed by atoms with Gasteiger partial charge in [-0.1, -0.05) is 17.3 Å². The zero-order valence-corrected chi connectivity index (χ0v) is 12.1. The van der Waals surface area contributed by atoms with E-state index in [1.807, 2.05) is 35.1 Å². The second-order valence-corrected chi connectivity index (χ2v) is 5.74. The van der Waals surface area contributed by atoms with Crippen LogP contribution in [-0.4, -0.2) is 15.0 Å². The molecular formula is C15H19N5. The lowest BCUT2D eigenvalue weighted by atomic mass is 10.1. The van der Waals surface area contributed by atoms with Crippen molar-refractivity contribution in [2.24, 2.45) is 0 Å². The van der Waals surface area contributed by atoms with Gasteiger partial charge in [-0.25, -0.2) is 4.68 Å². The third-order valence-corrected chi connectivity index (χ3v) is 2.95. The molecule has 2 rings (SSSR count). The molecule has 0 aliphatic carbocycles. The summed E-state index contributed by atoms with van der Waals surface area (Å²) in [7, 11) is 0. The van der Waals surface area contributed by atoms with Crippen molar-refractivity contribution in [2.75, 3.05) is 0 Å². The van der Waals surface area contributed by atoms with Crippen LogP contribution in [0.25, 0.3) is 0 Å². The molecule has 0 amide bonds. The molecule has 1 aromatic carbocycles. The molecule has 1 N–H and O–H groups in total. The van der Waals surface area contributed by atoms with E-state index in [1.54, 1.807) is 0 Å². The van der Waals surface area contributed by atoms with Crippen LogP contribution in [0.4, 0.5) is 0 Å². The molecule has 2 aromatic rings. The van der Waals surface area contributed by atoms with Gasteiger partial charge in [-0.3, -0.25) is 0 Å². The van der Waals surface area contributed by atoms with E-state index in [1.165, 1.54) is 0 Å². The van der Waals surface area contributed by atoms with Crippen LogP contribution in [0, 0.1) is 11.3 Å². The normalized spacial score (nSPS) is 11.3. The summed E-state index contributed by atoms with van der Waals surface area (Å²) in [5.41, 5.74) is 2.71. The molecule has 1 aromatic heterocycles. The van der Waals surface area contributed by atoms with Crippen LogP contribution in [0.3, 0.4) is 0 Å². The highest BCUT2D eigenvalue weighted by Crippen LogP contribution is 2.11. The molecule has 5 heteroatoms. The number of nitrogens with one attached hydrogen (secondary N) is 1. The fourth-order valence-electron chi connectivity index (χ4n) is 1.74. The van der Waals surface area contributed by atoms with Crippen LogP contribution in [0.5, 0.6) is 0 Å². The van der Waals surface area contributed by atoms with Crippen molar-refractivity contribution in [3.63, 3.8) is 0 Å². The van der Waals surface area contributed by atoms with Crippen molar-refractivity contribution in [1.29, 1.82) is 5.26 Å². The molecule has 0 bridgehead atoms. The summed E-state index contributed by atoms with van der Waals surface area (Å²) >= 11 is 0. The fraction of sp³-hybridized carbons (Fsp3) is 0.400. The van der Waals surface area contributed by atoms with Gasteiger partial charge in [0.1, 0.15) is 0 Å². The first-order chi connectivity index (χ1) is 9.49. The van der Waals surface area contributed by atoms with E-state index in [-0.39, 0.29) is 5.54 Å². The minimum Gasteiger partial charge on any atom is -0.307 e. The van der Waals surface area contributed by atoms with Crippen LogP contribution >= 0.6 is 0 Å². The first-order valence-electron chi connectivity index (χ1n) is 6.60. The molecule has 0 saturated carbocycles. The van der Waals surface area contributed by atoms with E-state index in [2.05, 4.69) is 42.5 Å². The lowest BCUT2D eigenvalue weighted by Crippen LogP contribution is -2.22. The summed E-state index contributed by atoms with van der Waals surface area (Å²) in [5.74, 6) is 0. The van der Waals surface area contributed by atoms with Gasteiger partial charge >= 0.3 is 0 Å². The summed E-state index contributed by atoms with van der Waals surface area (Å²) in [6.07, 6.45) is 1.96. The number of hydrogen-bond acceptors (Lipinski definition) is 4. The number of hydrogen-bond donors (Lipinski definition) is 1. The highest BCUT2D eigenvalue weighted by molar-refractivity contribution is 5.31. The van der Waals surface area contributed by atoms with E-state index in [4.69, 9.17) is 5.26 Å². The summed E-state index contributed by atoms with van der Waals surface area (Å²) in [4.78, 5) is 0. The van der Waals surface area contributed by atoms with Crippen LogP contribution in [0.15, 0.2) is 30.5 Å². The van der Waals surface area contributed by atoms with E-state index in [0.717, 1.165) is 17.8 Å². The van der Waals surface area contributed by atoms with Gasteiger partial charge in [0, 0.05) is 13.1 Å². The predicted molar refractivity (Wildman–Crippen MR) is 76.7 cm³/mol. The Hall–Kier alpha value is -2.19. The molecule has 0 unspecified atom stereocenters. The molecule has 20 heavy (non-hydrogen) atoms. The third-order valence-electron chi connectivity index (χ3n) is 2.95. The number of aromatic nitrogens is 3. The average Bonchev–Trinajstić information content (AvgIpc) is 2.88. The molecule has 0 atom stereocenters. The lowest BCUT2D eigenvalue weighted by Gasteiger charge is -2.17. The van der Waals surface area contributed by atoms with Gasteiger partial charge in [0.2, 0.25) is 0 Å². The SMILES string of the molecule is CC(C)(C)n1cc(CNCc2ccc(C#N)cc2)nn1. The first kappa shape index (κ1) is 14.2. The van der Waals surface area contributed by atoms with Crippen molar-refractivity contribution >= 4 is 0 Å². The number of rotatable bonds is 4. The maximum atomic E-state index is 8.74. The number of nitriles is 1. The standard InChI is InChI=1S/C15H19N5/c1-15(2,3)20-11-14(18-19-20)10-17-9-13-6-4-12(8-16)5-7-13/h4-7,11,17H,9-10H2,1-3H3.